The zero-order chi connectivity index (χ0) is 13.0. The first-order valence-electron chi connectivity index (χ1n) is 6.93. The lowest BCUT2D eigenvalue weighted by molar-refractivity contribution is -0.152. The van der Waals surface area contributed by atoms with Crippen molar-refractivity contribution in [1.29, 1.82) is 0 Å². The van der Waals surface area contributed by atoms with Crippen LogP contribution >= 0.6 is 0 Å². The third kappa shape index (κ3) is 3.22. The quantitative estimate of drug-likeness (QED) is 0.814. The molecule has 18 heavy (non-hydrogen) atoms. The van der Waals surface area contributed by atoms with E-state index in [-0.39, 0.29) is 5.91 Å². The van der Waals surface area contributed by atoms with E-state index in [1.807, 2.05) is 0 Å². The Bertz CT molecular complexity index is 313. The van der Waals surface area contributed by atoms with E-state index in [9.17, 15) is 9.59 Å². The molecule has 0 spiro atoms. The molecule has 5 nitrogen and oxygen atoms in total. The van der Waals surface area contributed by atoms with Crippen molar-refractivity contribution in [3.63, 3.8) is 0 Å². The summed E-state index contributed by atoms with van der Waals surface area (Å²) in [5, 5.41) is 9.16. The zero-order valence-corrected chi connectivity index (χ0v) is 10.8. The minimum Gasteiger partial charge on any atom is -0.480 e. The molecule has 1 atom stereocenters. The highest BCUT2D eigenvalue weighted by molar-refractivity contribution is 5.85. The van der Waals surface area contributed by atoms with Crippen molar-refractivity contribution in [2.45, 2.75) is 44.6 Å². The largest absolute Gasteiger partial charge is 0.480 e. The van der Waals surface area contributed by atoms with E-state index in [1.54, 1.807) is 4.90 Å². The van der Waals surface area contributed by atoms with Gasteiger partial charge in [0.2, 0.25) is 5.91 Å². The van der Waals surface area contributed by atoms with Crippen LogP contribution in [0.4, 0.5) is 0 Å². The second-order valence-corrected chi connectivity index (χ2v) is 5.27. The van der Waals surface area contributed by atoms with Crippen LogP contribution in [0.5, 0.6) is 0 Å². The van der Waals surface area contributed by atoms with Crippen LogP contribution in [0.3, 0.4) is 0 Å². The van der Waals surface area contributed by atoms with Gasteiger partial charge in [0.15, 0.2) is 0 Å². The number of carbonyl (C=O) groups is 2. The van der Waals surface area contributed by atoms with Gasteiger partial charge in [0, 0.05) is 6.54 Å². The third-order valence-corrected chi connectivity index (χ3v) is 3.92. The predicted octanol–water partition coefficient (Wildman–Crippen LogP) is 0.938. The number of carboxylic acids is 1. The van der Waals surface area contributed by atoms with Crippen molar-refractivity contribution in [3.8, 4) is 0 Å². The number of amides is 1. The van der Waals surface area contributed by atoms with Gasteiger partial charge in [-0.05, 0) is 45.2 Å². The van der Waals surface area contributed by atoms with Gasteiger partial charge in [0.05, 0.1) is 6.54 Å². The molecule has 0 aromatic carbocycles. The standard InChI is InChI=1S/C13H22N2O3/c16-12(10-14-7-3-1-4-8-14)15-9-5-2-6-11(15)13(17)18/h11H,1-10H2,(H,17,18)/t11-/m0/s1. The molecule has 0 bridgehead atoms. The first kappa shape index (κ1) is 13.3. The monoisotopic (exact) mass is 254 g/mol. The van der Waals surface area contributed by atoms with Gasteiger partial charge in [-0.25, -0.2) is 4.79 Å². The van der Waals surface area contributed by atoms with Gasteiger partial charge in [-0.3, -0.25) is 9.69 Å². The van der Waals surface area contributed by atoms with Crippen molar-refractivity contribution in [2.24, 2.45) is 0 Å². The maximum atomic E-state index is 12.2. The number of likely N-dealkylation sites (tertiary alicyclic amines) is 2. The van der Waals surface area contributed by atoms with Crippen molar-refractivity contribution in [1.82, 2.24) is 9.80 Å². The number of aliphatic carboxylic acids is 1. The summed E-state index contributed by atoms with van der Waals surface area (Å²) in [6.45, 7) is 2.93. The summed E-state index contributed by atoms with van der Waals surface area (Å²) >= 11 is 0. The number of piperidine rings is 2. The van der Waals surface area contributed by atoms with Crippen molar-refractivity contribution in [2.75, 3.05) is 26.2 Å². The van der Waals surface area contributed by atoms with Gasteiger partial charge in [0.25, 0.3) is 0 Å². The Kier molecular flexibility index (Phi) is 4.58. The number of carboxylic acid groups (broad SMARTS) is 1. The molecule has 0 unspecified atom stereocenters. The molecule has 0 aromatic heterocycles. The molecule has 0 saturated carbocycles. The third-order valence-electron chi connectivity index (χ3n) is 3.92. The molecule has 2 rings (SSSR count). The summed E-state index contributed by atoms with van der Waals surface area (Å²) in [5.41, 5.74) is 0. The van der Waals surface area contributed by atoms with Crippen LogP contribution in [0.25, 0.3) is 0 Å². The molecule has 2 saturated heterocycles. The Balaban J connectivity index is 1.91. The summed E-state index contributed by atoms with van der Waals surface area (Å²) in [7, 11) is 0. The van der Waals surface area contributed by atoms with Crippen molar-refractivity contribution >= 4 is 11.9 Å². The minimum atomic E-state index is -0.860. The van der Waals surface area contributed by atoms with Gasteiger partial charge >= 0.3 is 5.97 Å². The topological polar surface area (TPSA) is 60.9 Å². The molecule has 2 aliphatic heterocycles. The molecule has 1 N–H and O–H groups in total. The average molecular weight is 254 g/mol. The fraction of sp³-hybridized carbons (Fsp3) is 0.846. The lowest BCUT2D eigenvalue weighted by Gasteiger charge is -2.35. The van der Waals surface area contributed by atoms with Crippen LogP contribution in [-0.4, -0.2) is 59.0 Å². The summed E-state index contributed by atoms with van der Waals surface area (Å²) < 4.78 is 0. The minimum absolute atomic E-state index is 0.0102. The van der Waals surface area contributed by atoms with E-state index < -0.39 is 12.0 Å². The number of hydrogen-bond donors (Lipinski definition) is 1. The highest BCUT2D eigenvalue weighted by atomic mass is 16.4. The Labute approximate surface area is 108 Å². The molecule has 2 fully saturated rings. The van der Waals surface area contributed by atoms with E-state index in [4.69, 9.17) is 5.11 Å². The SMILES string of the molecule is O=C(O)[C@@H]1CCCCN1C(=O)CN1CCCCC1. The van der Waals surface area contributed by atoms with E-state index >= 15 is 0 Å². The van der Waals surface area contributed by atoms with Gasteiger partial charge < -0.3 is 10.0 Å². The van der Waals surface area contributed by atoms with Gasteiger partial charge in [-0.15, -0.1) is 0 Å². The molecule has 0 aliphatic carbocycles. The van der Waals surface area contributed by atoms with E-state index in [1.165, 1.54) is 6.42 Å². The maximum Gasteiger partial charge on any atom is 0.326 e. The van der Waals surface area contributed by atoms with E-state index in [0.29, 0.717) is 19.5 Å². The smallest absolute Gasteiger partial charge is 0.326 e. The average Bonchev–Trinajstić information content (AvgIpc) is 2.40. The number of nitrogens with zero attached hydrogens (tertiary/aromatic N) is 2. The van der Waals surface area contributed by atoms with Gasteiger partial charge in [-0.2, -0.15) is 0 Å². The Morgan fingerprint density at radius 3 is 2.33 bits per heavy atom. The summed E-state index contributed by atoms with van der Waals surface area (Å²) in [5.74, 6) is -0.870. The number of rotatable bonds is 3. The number of carbonyl (C=O) groups excluding carboxylic acids is 1. The second-order valence-electron chi connectivity index (χ2n) is 5.27. The lowest BCUT2D eigenvalue weighted by atomic mass is 10.0. The molecular formula is C13H22N2O3. The van der Waals surface area contributed by atoms with Crippen LogP contribution in [-0.2, 0) is 9.59 Å². The van der Waals surface area contributed by atoms with Crippen LogP contribution in [0.2, 0.25) is 0 Å². The van der Waals surface area contributed by atoms with Crippen LogP contribution in [0.1, 0.15) is 38.5 Å². The zero-order valence-electron chi connectivity index (χ0n) is 10.8. The van der Waals surface area contributed by atoms with Crippen molar-refractivity contribution < 1.29 is 14.7 Å². The van der Waals surface area contributed by atoms with E-state index in [0.717, 1.165) is 38.8 Å². The van der Waals surface area contributed by atoms with Crippen LogP contribution in [0, 0.1) is 0 Å². The maximum absolute atomic E-state index is 12.2. The lowest BCUT2D eigenvalue weighted by Crippen LogP contribution is -2.51. The first-order chi connectivity index (χ1) is 8.68. The predicted molar refractivity (Wildman–Crippen MR) is 67.3 cm³/mol. The fourth-order valence-corrected chi connectivity index (χ4v) is 2.89. The summed E-state index contributed by atoms with van der Waals surface area (Å²) in [6, 6.07) is -0.601. The normalized spacial score (nSPS) is 26.0. The second kappa shape index (κ2) is 6.18. The Morgan fingerprint density at radius 1 is 1.00 bits per heavy atom. The van der Waals surface area contributed by atoms with Crippen molar-refractivity contribution in [3.05, 3.63) is 0 Å². The van der Waals surface area contributed by atoms with Gasteiger partial charge in [0.1, 0.15) is 6.04 Å². The summed E-state index contributed by atoms with van der Waals surface area (Å²) in [6.07, 6.45) is 5.97. The molecule has 0 aromatic rings. The molecule has 102 valence electrons. The molecular weight excluding hydrogens is 232 g/mol. The summed E-state index contributed by atoms with van der Waals surface area (Å²) in [4.78, 5) is 27.1. The van der Waals surface area contributed by atoms with E-state index in [2.05, 4.69) is 4.90 Å². The first-order valence-corrected chi connectivity index (χ1v) is 6.93. The Morgan fingerprint density at radius 2 is 1.67 bits per heavy atom. The number of hydrogen-bond acceptors (Lipinski definition) is 3. The van der Waals surface area contributed by atoms with Gasteiger partial charge in [-0.1, -0.05) is 6.42 Å². The molecule has 1 amide bonds. The molecule has 2 aliphatic rings. The molecule has 0 radical (unpaired) electrons. The fourth-order valence-electron chi connectivity index (χ4n) is 2.89. The highest BCUT2D eigenvalue weighted by Gasteiger charge is 2.32. The van der Waals surface area contributed by atoms with Crippen LogP contribution in [0.15, 0.2) is 0 Å². The highest BCUT2D eigenvalue weighted by Crippen LogP contribution is 2.18. The Hall–Kier alpha value is -1.10. The van der Waals surface area contributed by atoms with Crippen LogP contribution < -0.4 is 0 Å². The molecule has 5 heteroatoms. The molecule has 2 heterocycles.